The summed E-state index contributed by atoms with van der Waals surface area (Å²) in [5.74, 6) is 0.390. The predicted octanol–water partition coefficient (Wildman–Crippen LogP) is 35.5. The second-order valence-corrected chi connectivity index (χ2v) is 39.1. The maximum absolute atomic E-state index is 2.43. The lowest BCUT2D eigenvalue weighted by Crippen LogP contribution is -2.12. The summed E-state index contributed by atoms with van der Waals surface area (Å²) in [6, 6.07) is 179. The molecule has 3 aromatic heterocycles. The van der Waals surface area contributed by atoms with Crippen molar-refractivity contribution in [1.82, 2.24) is 13.7 Å². The molecule has 0 fully saturated rings. The van der Waals surface area contributed by atoms with Gasteiger partial charge in [0.1, 0.15) is 0 Å². The normalized spacial score (nSPS) is 13.0. The largest absolute Gasteiger partial charge is 0.309 e. The van der Waals surface area contributed by atoms with Crippen LogP contribution in [0.1, 0.15) is 67.8 Å². The third-order valence-electron chi connectivity index (χ3n) is 28.5. The summed E-state index contributed by atoms with van der Waals surface area (Å²) in [4.78, 5) is 8.08. The van der Waals surface area contributed by atoms with Crippen molar-refractivity contribution < 1.29 is 0 Å². The van der Waals surface area contributed by atoms with E-state index >= 15 is 0 Å². The molecular formula is C129H83N3S3. The van der Waals surface area contributed by atoms with Gasteiger partial charge in [-0.3, -0.25) is 0 Å². The van der Waals surface area contributed by atoms with Gasteiger partial charge in [0.25, 0.3) is 0 Å². The molecule has 135 heavy (non-hydrogen) atoms. The Hall–Kier alpha value is -15.9. The predicted molar refractivity (Wildman–Crippen MR) is 572 cm³/mol. The number of rotatable bonds is 8. The van der Waals surface area contributed by atoms with E-state index in [1.807, 2.05) is 35.3 Å². The quantitative estimate of drug-likeness (QED) is 0.151. The molecule has 0 atom stereocenters. The fourth-order valence-electron chi connectivity index (χ4n) is 22.6. The Labute approximate surface area is 794 Å². The van der Waals surface area contributed by atoms with Gasteiger partial charge < -0.3 is 13.7 Å². The maximum atomic E-state index is 2.43. The molecule has 29 rings (SSSR count). The van der Waals surface area contributed by atoms with Crippen LogP contribution >= 0.6 is 35.3 Å². The molecule has 0 spiro atoms. The van der Waals surface area contributed by atoms with Crippen LogP contribution in [-0.2, 0) is 0 Å². The monoisotopic (exact) mass is 1770 g/mol. The Morgan fingerprint density at radius 2 is 0.393 bits per heavy atom. The van der Waals surface area contributed by atoms with Crippen molar-refractivity contribution in [3.05, 3.63) is 535 Å². The average Bonchev–Trinajstić information content (AvgIpc) is 1.71. The van der Waals surface area contributed by atoms with E-state index in [2.05, 4.69) is 499 Å². The third-order valence-corrected chi connectivity index (χ3v) is 32.0. The van der Waals surface area contributed by atoms with Gasteiger partial charge in [-0.05, 0) is 252 Å². The zero-order chi connectivity index (χ0) is 88.7. The number of hydrogen-bond donors (Lipinski definition) is 0. The van der Waals surface area contributed by atoms with Gasteiger partial charge in [-0.2, -0.15) is 0 Å². The molecule has 0 unspecified atom stereocenters. The molecule has 3 aliphatic heterocycles. The Kier molecular flexibility index (Phi) is 19.0. The van der Waals surface area contributed by atoms with Crippen LogP contribution in [0.2, 0.25) is 0 Å². The molecule has 0 radical (unpaired) electrons. The van der Waals surface area contributed by atoms with Gasteiger partial charge >= 0.3 is 0 Å². The fraction of sp³-hybridized carbons (Fsp3) is 0.0233. The summed E-state index contributed by atoms with van der Waals surface area (Å²) in [6.07, 6.45) is 0. The van der Waals surface area contributed by atoms with Crippen molar-refractivity contribution in [3.8, 4) is 39.3 Å². The molecule has 3 nitrogen and oxygen atoms in total. The van der Waals surface area contributed by atoms with Gasteiger partial charge in [0.05, 0.1) is 33.1 Å². The van der Waals surface area contributed by atoms with Gasteiger partial charge in [0, 0.05) is 96.5 Å². The molecule has 23 aromatic carbocycles. The van der Waals surface area contributed by atoms with E-state index in [0.29, 0.717) is 0 Å². The zero-order valence-electron chi connectivity index (χ0n) is 73.5. The lowest BCUT2D eigenvalue weighted by Gasteiger charge is -2.31. The SMILES string of the molecule is c1cc(C2c3c(ccc4ccccc34)Sc3ccc4ccccc4c32)cc(-n2c3ccccc3c3ccccc32)c1.c1ccc(-n2c3ccccc3c3cc(-c4ccc(C5c6c(ccc7ccccc67)Sc6ccc7ccccc7c65)cc4)ccc32)cc1.c1ccc(-n2c3ccccc3c3ccc(-c4ccc(C5c6c(ccc7ccccc67)Sc6ccc7ccccc7c65)cc4)cc32)cc1. The molecule has 0 bridgehead atoms. The van der Waals surface area contributed by atoms with Crippen LogP contribution < -0.4 is 0 Å². The molecule has 632 valence electrons. The number of nitrogens with zero attached hydrogens (tertiary/aromatic N) is 3. The van der Waals surface area contributed by atoms with E-state index in [-0.39, 0.29) is 17.8 Å². The Morgan fingerprint density at radius 3 is 0.748 bits per heavy atom. The smallest absolute Gasteiger partial charge is 0.0547 e. The molecule has 6 heterocycles. The number of benzene rings is 23. The minimum atomic E-state index is 0.117. The first-order chi connectivity index (χ1) is 67.0. The summed E-state index contributed by atoms with van der Waals surface area (Å²) in [5.41, 5.74) is 28.3. The van der Waals surface area contributed by atoms with Crippen molar-refractivity contribution in [2.45, 2.75) is 47.1 Å². The van der Waals surface area contributed by atoms with Crippen molar-refractivity contribution >= 4 is 165 Å². The van der Waals surface area contributed by atoms with Crippen LogP contribution in [0.5, 0.6) is 0 Å². The molecule has 0 amide bonds. The van der Waals surface area contributed by atoms with Crippen LogP contribution in [-0.4, -0.2) is 13.7 Å². The number of para-hydroxylation sites is 6. The fourth-order valence-corrected chi connectivity index (χ4v) is 26.1. The molecule has 0 aliphatic carbocycles. The Morgan fingerprint density at radius 1 is 0.141 bits per heavy atom. The van der Waals surface area contributed by atoms with E-state index in [0.717, 1.165) is 0 Å². The first kappa shape index (κ1) is 78.9. The number of hydrogen-bond acceptors (Lipinski definition) is 3. The maximum Gasteiger partial charge on any atom is 0.0547 e. The first-order valence-electron chi connectivity index (χ1n) is 46.6. The number of fused-ring (bicyclic) bond motifs is 27. The second-order valence-electron chi connectivity index (χ2n) is 35.8. The molecule has 0 N–H and O–H groups in total. The summed E-state index contributed by atoms with van der Waals surface area (Å²) < 4.78 is 7.20. The second kappa shape index (κ2) is 32.5. The summed E-state index contributed by atoms with van der Waals surface area (Å²) in [5, 5.41) is 23.4. The van der Waals surface area contributed by atoms with Crippen molar-refractivity contribution in [2.24, 2.45) is 0 Å². The van der Waals surface area contributed by atoms with Gasteiger partial charge in [-0.1, -0.05) is 405 Å². The molecule has 6 heteroatoms. The van der Waals surface area contributed by atoms with E-state index < -0.39 is 0 Å². The van der Waals surface area contributed by atoms with Gasteiger partial charge in [-0.15, -0.1) is 0 Å². The Bertz CT molecular complexity index is 8990. The van der Waals surface area contributed by atoms with Gasteiger partial charge in [0.15, 0.2) is 0 Å². The van der Waals surface area contributed by atoms with Crippen LogP contribution in [0.3, 0.4) is 0 Å². The van der Waals surface area contributed by atoms with Crippen LogP contribution in [0.25, 0.3) is 169 Å². The van der Waals surface area contributed by atoms with E-state index in [1.54, 1.807) is 0 Å². The standard InChI is InChI=1S/2C45H29NS.C39H25NS/c1-2-12-34(13-3-1)46-39-17-9-8-16-37(39)38-28-33(22-25-40(38)46)29-18-20-32(21-19-29)43-44-35-14-6-4-10-30(35)23-26-41(44)47-42-27-24-31-11-5-7-15-36(31)45(42)43;1-2-12-34(13-3-1)46-39-17-9-8-16-37(39)38-25-22-33(28-40(38)46)29-18-20-32(21-19-29)43-44-35-14-6-4-10-30(35)23-26-41(44)47-42-27-24-31-11-5-7-15-36(31)45(42)43;1-3-14-29-25(10-1)20-22-35-38(29)37(39-30-15-4-2-11-26(30)21-23-36(39)41-35)27-12-9-13-28(24-27)40-33-18-7-5-16-31(33)32-17-6-8-19-34(32)40/h2*1-28,43H;1-24,37H. The van der Waals surface area contributed by atoms with Crippen LogP contribution in [0.15, 0.2) is 515 Å². The average molecular weight is 1770 g/mol. The highest BCUT2D eigenvalue weighted by atomic mass is 32.2. The highest BCUT2D eigenvalue weighted by Crippen LogP contribution is 2.58. The van der Waals surface area contributed by atoms with Crippen LogP contribution in [0, 0.1) is 0 Å². The van der Waals surface area contributed by atoms with E-state index in [1.165, 1.54) is 249 Å². The number of aromatic nitrogens is 3. The van der Waals surface area contributed by atoms with Crippen LogP contribution in [0.4, 0.5) is 0 Å². The van der Waals surface area contributed by atoms with Crippen molar-refractivity contribution in [1.29, 1.82) is 0 Å². The third kappa shape index (κ3) is 13.1. The molecule has 0 saturated heterocycles. The van der Waals surface area contributed by atoms with Crippen molar-refractivity contribution in [2.75, 3.05) is 0 Å². The first-order valence-corrected chi connectivity index (χ1v) is 49.0. The zero-order valence-corrected chi connectivity index (χ0v) is 75.9. The van der Waals surface area contributed by atoms with Gasteiger partial charge in [-0.25, -0.2) is 0 Å². The molecule has 0 saturated carbocycles. The summed E-state index contributed by atoms with van der Waals surface area (Å²) >= 11 is 5.73. The van der Waals surface area contributed by atoms with E-state index in [9.17, 15) is 0 Å². The van der Waals surface area contributed by atoms with E-state index in [4.69, 9.17) is 0 Å². The lowest BCUT2D eigenvalue weighted by atomic mass is 9.80. The highest BCUT2D eigenvalue weighted by molar-refractivity contribution is 8.00. The Balaban J connectivity index is 0.000000103. The van der Waals surface area contributed by atoms with Crippen molar-refractivity contribution in [3.63, 3.8) is 0 Å². The summed E-state index contributed by atoms with van der Waals surface area (Å²) in [6.45, 7) is 0. The highest BCUT2D eigenvalue weighted by Gasteiger charge is 2.36. The molecular weight excluding hydrogens is 1690 g/mol. The molecule has 26 aromatic rings. The minimum Gasteiger partial charge on any atom is -0.309 e. The summed E-state index contributed by atoms with van der Waals surface area (Å²) in [7, 11) is 0. The molecule has 3 aliphatic rings. The topological polar surface area (TPSA) is 14.8 Å². The lowest BCUT2D eigenvalue weighted by molar-refractivity contribution is 0.923. The minimum absolute atomic E-state index is 0.117. The van der Waals surface area contributed by atoms with Gasteiger partial charge in [0.2, 0.25) is 0 Å².